The van der Waals surface area contributed by atoms with Gasteiger partial charge in [-0.1, -0.05) is 13.8 Å². The number of rotatable bonds is 11. The monoisotopic (exact) mass is 472 g/mol. The summed E-state index contributed by atoms with van der Waals surface area (Å²) in [5.41, 5.74) is 1.64. The second-order valence-electron chi connectivity index (χ2n) is 8.18. The molecule has 0 radical (unpaired) electrons. The van der Waals surface area contributed by atoms with Crippen LogP contribution >= 0.6 is 0 Å². The van der Waals surface area contributed by atoms with Crippen LogP contribution in [0.5, 0.6) is 5.75 Å². The van der Waals surface area contributed by atoms with Gasteiger partial charge >= 0.3 is 0 Å². The normalized spacial score (nSPS) is 13.9. The number of phenols is 1. The number of phenolic OH excluding ortho intramolecular Hbond substituents is 1. The molecule has 2 aromatic rings. The zero-order valence-electron chi connectivity index (χ0n) is 20.6. The number of morpholine rings is 1. The van der Waals surface area contributed by atoms with Crippen LogP contribution in [0.2, 0.25) is 0 Å². The molecule has 3 rings (SSSR count). The molecule has 10 nitrogen and oxygen atoms in total. The molecule has 0 bridgehead atoms. The van der Waals surface area contributed by atoms with Crippen LogP contribution in [-0.2, 0) is 16.0 Å². The Bertz CT molecular complexity index is 947. The van der Waals surface area contributed by atoms with Crippen LogP contribution in [0.15, 0.2) is 24.3 Å². The van der Waals surface area contributed by atoms with Gasteiger partial charge in [0, 0.05) is 57.7 Å². The van der Waals surface area contributed by atoms with Crippen molar-refractivity contribution in [1.29, 1.82) is 0 Å². The third-order valence-corrected chi connectivity index (χ3v) is 5.88. The molecular weight excluding hydrogens is 436 g/mol. The Hall–Kier alpha value is -2.95. The molecule has 1 fully saturated rings. The van der Waals surface area contributed by atoms with E-state index in [-0.39, 0.29) is 17.4 Å². The van der Waals surface area contributed by atoms with E-state index < -0.39 is 0 Å². The molecule has 1 aliphatic heterocycles. The van der Waals surface area contributed by atoms with E-state index >= 15 is 0 Å². The Morgan fingerprint density at radius 2 is 1.94 bits per heavy atom. The van der Waals surface area contributed by atoms with E-state index in [1.54, 1.807) is 31.4 Å². The summed E-state index contributed by atoms with van der Waals surface area (Å²) in [6.07, 6.45) is 0. The molecule has 2 heterocycles. The van der Waals surface area contributed by atoms with Crippen LogP contribution in [-0.4, -0.2) is 92.6 Å². The van der Waals surface area contributed by atoms with Gasteiger partial charge in [0.05, 0.1) is 19.8 Å². The van der Waals surface area contributed by atoms with Crippen molar-refractivity contribution in [3.63, 3.8) is 0 Å². The van der Waals surface area contributed by atoms with Gasteiger partial charge in [-0.2, -0.15) is 4.98 Å². The van der Waals surface area contributed by atoms with E-state index in [1.807, 2.05) is 16.8 Å². The third-order valence-electron chi connectivity index (χ3n) is 5.88. The highest BCUT2D eigenvalue weighted by molar-refractivity contribution is 6.03. The molecule has 1 saturated heterocycles. The molecule has 0 saturated carbocycles. The number of hydrogen-bond acceptors (Lipinski definition) is 9. The molecule has 0 spiro atoms. The molecule has 1 amide bonds. The van der Waals surface area contributed by atoms with Crippen molar-refractivity contribution in [2.24, 2.45) is 0 Å². The molecule has 1 aromatic carbocycles. The van der Waals surface area contributed by atoms with Gasteiger partial charge in [-0.25, -0.2) is 4.98 Å². The fourth-order valence-corrected chi connectivity index (χ4v) is 3.65. The first-order valence-corrected chi connectivity index (χ1v) is 11.7. The standard InChI is InChI=1S/C24H36N6O4/c1-5-29(6-2)17-18-15-19(7-8-21(18)31)25-23(32)20-16-22(28(3)9-12-33-4)27-24(26-20)30-10-13-34-14-11-30/h7-8,15-16,31H,5-6,9-14,17H2,1-4H3,(H,25,32). The van der Waals surface area contributed by atoms with Crippen LogP contribution in [0.4, 0.5) is 17.5 Å². The van der Waals surface area contributed by atoms with Gasteiger partial charge in [0.15, 0.2) is 0 Å². The first-order valence-electron chi connectivity index (χ1n) is 11.7. The summed E-state index contributed by atoms with van der Waals surface area (Å²) < 4.78 is 10.6. The number of aromatic hydroxyl groups is 1. The SMILES string of the molecule is CCN(CC)Cc1cc(NC(=O)c2cc(N(C)CCOC)nc(N3CCOCC3)n2)ccc1O. The summed E-state index contributed by atoms with van der Waals surface area (Å²) in [5, 5.41) is 13.2. The minimum atomic E-state index is -0.335. The van der Waals surface area contributed by atoms with E-state index in [0.29, 0.717) is 63.5 Å². The molecule has 34 heavy (non-hydrogen) atoms. The largest absolute Gasteiger partial charge is 0.508 e. The van der Waals surface area contributed by atoms with Crippen LogP contribution in [0, 0.1) is 0 Å². The Labute approximate surface area is 201 Å². The van der Waals surface area contributed by atoms with Crippen LogP contribution in [0.1, 0.15) is 29.9 Å². The number of carbonyl (C=O) groups is 1. The number of hydrogen-bond donors (Lipinski definition) is 2. The number of nitrogens with zero attached hydrogens (tertiary/aromatic N) is 5. The van der Waals surface area contributed by atoms with Gasteiger partial charge in [-0.3, -0.25) is 9.69 Å². The van der Waals surface area contributed by atoms with Gasteiger partial charge in [0.25, 0.3) is 5.91 Å². The van der Waals surface area contributed by atoms with E-state index in [4.69, 9.17) is 9.47 Å². The lowest BCUT2D eigenvalue weighted by Gasteiger charge is -2.28. The lowest BCUT2D eigenvalue weighted by atomic mass is 10.1. The Kier molecular flexibility index (Phi) is 9.43. The Morgan fingerprint density at radius 3 is 2.62 bits per heavy atom. The number of amides is 1. The maximum Gasteiger partial charge on any atom is 0.274 e. The number of benzene rings is 1. The molecule has 0 unspecified atom stereocenters. The Balaban J connectivity index is 1.85. The second kappa shape index (κ2) is 12.5. The minimum Gasteiger partial charge on any atom is -0.508 e. The topological polar surface area (TPSA) is 103 Å². The van der Waals surface area contributed by atoms with E-state index in [1.165, 1.54) is 0 Å². The lowest BCUT2D eigenvalue weighted by Crippen LogP contribution is -2.38. The molecule has 186 valence electrons. The van der Waals surface area contributed by atoms with Crippen molar-refractivity contribution in [2.75, 3.05) is 81.8 Å². The number of nitrogens with one attached hydrogen (secondary N) is 1. The van der Waals surface area contributed by atoms with Crippen LogP contribution < -0.4 is 15.1 Å². The molecule has 10 heteroatoms. The summed E-state index contributed by atoms with van der Waals surface area (Å²) >= 11 is 0. The third kappa shape index (κ3) is 6.78. The number of carbonyl (C=O) groups excluding carboxylic acids is 1. The van der Waals surface area contributed by atoms with Crippen LogP contribution in [0.3, 0.4) is 0 Å². The number of methoxy groups -OCH3 is 1. The summed E-state index contributed by atoms with van der Waals surface area (Å²) in [7, 11) is 3.56. The van der Waals surface area contributed by atoms with Crippen molar-refractivity contribution >= 4 is 23.4 Å². The maximum absolute atomic E-state index is 13.2. The highest BCUT2D eigenvalue weighted by atomic mass is 16.5. The van der Waals surface area contributed by atoms with Gasteiger partial charge in [0.2, 0.25) is 5.95 Å². The predicted octanol–water partition coefficient (Wildman–Crippen LogP) is 2.20. The van der Waals surface area contributed by atoms with Gasteiger partial charge in [-0.05, 0) is 31.3 Å². The summed E-state index contributed by atoms with van der Waals surface area (Å²) in [6, 6.07) is 6.79. The van der Waals surface area contributed by atoms with Crippen molar-refractivity contribution < 1.29 is 19.4 Å². The number of ether oxygens (including phenoxy) is 2. The number of aromatic nitrogens is 2. The second-order valence-corrected chi connectivity index (χ2v) is 8.18. The van der Waals surface area contributed by atoms with Crippen LogP contribution in [0.25, 0.3) is 0 Å². The molecule has 1 aliphatic rings. The highest BCUT2D eigenvalue weighted by Crippen LogP contribution is 2.24. The van der Waals surface area contributed by atoms with Gasteiger partial charge in [0.1, 0.15) is 17.3 Å². The van der Waals surface area contributed by atoms with Crippen molar-refractivity contribution in [1.82, 2.24) is 14.9 Å². The average molecular weight is 473 g/mol. The molecule has 0 atom stereocenters. The minimum absolute atomic E-state index is 0.212. The molecular formula is C24H36N6O4. The fourth-order valence-electron chi connectivity index (χ4n) is 3.65. The summed E-state index contributed by atoms with van der Waals surface area (Å²) in [6.45, 7) is 10.2. The van der Waals surface area contributed by atoms with E-state index in [0.717, 1.165) is 18.7 Å². The first-order chi connectivity index (χ1) is 16.4. The summed E-state index contributed by atoms with van der Waals surface area (Å²) in [5.74, 6) is 1.02. The van der Waals surface area contributed by atoms with Crippen molar-refractivity contribution in [3.8, 4) is 5.75 Å². The zero-order chi connectivity index (χ0) is 24.5. The number of anilines is 3. The number of likely N-dealkylation sites (N-methyl/N-ethyl adjacent to an activating group) is 1. The lowest BCUT2D eigenvalue weighted by molar-refractivity contribution is 0.102. The van der Waals surface area contributed by atoms with E-state index in [9.17, 15) is 9.90 Å². The fraction of sp³-hybridized carbons (Fsp3) is 0.542. The Morgan fingerprint density at radius 1 is 1.21 bits per heavy atom. The van der Waals surface area contributed by atoms with Gasteiger partial charge in [-0.15, -0.1) is 0 Å². The van der Waals surface area contributed by atoms with E-state index in [2.05, 4.69) is 34.0 Å². The maximum atomic E-state index is 13.2. The first kappa shape index (κ1) is 25.7. The van der Waals surface area contributed by atoms with Gasteiger partial charge < -0.3 is 29.7 Å². The average Bonchev–Trinajstić information content (AvgIpc) is 2.87. The van der Waals surface area contributed by atoms with Crippen molar-refractivity contribution in [3.05, 3.63) is 35.5 Å². The smallest absolute Gasteiger partial charge is 0.274 e. The highest BCUT2D eigenvalue weighted by Gasteiger charge is 2.20. The molecule has 2 N–H and O–H groups in total. The predicted molar refractivity (Wildman–Crippen MR) is 133 cm³/mol. The molecule has 1 aromatic heterocycles. The summed E-state index contributed by atoms with van der Waals surface area (Å²) in [4.78, 5) is 28.6. The zero-order valence-corrected chi connectivity index (χ0v) is 20.6. The quantitative estimate of drug-likeness (QED) is 0.476. The van der Waals surface area contributed by atoms with Crippen molar-refractivity contribution in [2.45, 2.75) is 20.4 Å². The molecule has 0 aliphatic carbocycles.